The summed E-state index contributed by atoms with van der Waals surface area (Å²) in [7, 11) is 0. The molecule has 1 heterocycles. The van der Waals surface area contributed by atoms with Crippen molar-refractivity contribution in [2.75, 3.05) is 6.54 Å². The molecule has 0 bridgehead atoms. The van der Waals surface area contributed by atoms with Gasteiger partial charge in [-0.1, -0.05) is 37.9 Å². The van der Waals surface area contributed by atoms with Gasteiger partial charge in [-0.3, -0.25) is 4.79 Å². The van der Waals surface area contributed by atoms with Gasteiger partial charge in [0.05, 0.1) is 16.7 Å². The highest BCUT2D eigenvalue weighted by molar-refractivity contribution is 7.80. The van der Waals surface area contributed by atoms with Crippen LogP contribution in [0, 0.1) is 5.41 Å². The number of amides is 1. The molecule has 1 aliphatic carbocycles. The lowest BCUT2D eigenvalue weighted by molar-refractivity contribution is -0.128. The van der Waals surface area contributed by atoms with Crippen molar-refractivity contribution in [2.45, 2.75) is 45.1 Å². The van der Waals surface area contributed by atoms with Crippen molar-refractivity contribution in [2.24, 2.45) is 11.1 Å². The summed E-state index contributed by atoms with van der Waals surface area (Å²) in [5.74, 6) is -0.00739. The minimum Gasteiger partial charge on any atom is -0.392 e. The molecule has 6 heteroatoms. The molecular formula is C14H22N4OS. The van der Waals surface area contributed by atoms with Crippen LogP contribution in [0.1, 0.15) is 38.5 Å². The largest absolute Gasteiger partial charge is 0.392 e. The molecule has 1 fully saturated rings. The molecule has 0 radical (unpaired) electrons. The Morgan fingerprint density at radius 2 is 2.05 bits per heavy atom. The lowest BCUT2D eigenvalue weighted by Gasteiger charge is -2.30. The maximum atomic E-state index is 12.5. The summed E-state index contributed by atoms with van der Waals surface area (Å²) >= 11 is 5.20. The number of hydrogen-bond acceptors (Lipinski definition) is 3. The van der Waals surface area contributed by atoms with E-state index in [2.05, 4.69) is 10.3 Å². The van der Waals surface area contributed by atoms with Gasteiger partial charge in [-0.2, -0.15) is 0 Å². The van der Waals surface area contributed by atoms with E-state index in [1.54, 1.807) is 12.5 Å². The van der Waals surface area contributed by atoms with E-state index in [0.717, 1.165) is 38.5 Å². The van der Waals surface area contributed by atoms with Crippen molar-refractivity contribution >= 4 is 23.1 Å². The molecule has 0 saturated heterocycles. The molecular weight excluding hydrogens is 272 g/mol. The lowest BCUT2D eigenvalue weighted by Crippen LogP contribution is -2.49. The van der Waals surface area contributed by atoms with Crippen LogP contribution in [0.25, 0.3) is 0 Å². The van der Waals surface area contributed by atoms with E-state index >= 15 is 0 Å². The molecule has 1 aromatic rings. The highest BCUT2D eigenvalue weighted by atomic mass is 32.1. The normalized spacial score (nSPS) is 18.2. The van der Waals surface area contributed by atoms with Gasteiger partial charge in [0, 0.05) is 25.5 Å². The first kappa shape index (κ1) is 15.0. The molecule has 0 aromatic carbocycles. The Bertz CT molecular complexity index is 450. The molecule has 1 saturated carbocycles. The summed E-state index contributed by atoms with van der Waals surface area (Å²) in [6.45, 7) is 1.28. The number of nitrogens with one attached hydrogen (secondary N) is 1. The fourth-order valence-electron chi connectivity index (χ4n) is 2.80. The zero-order valence-electron chi connectivity index (χ0n) is 11.7. The second-order valence-corrected chi connectivity index (χ2v) is 5.86. The SMILES string of the molecule is NC(=S)C1(C(=O)NCCn2ccnc2)CCCCCC1. The summed E-state index contributed by atoms with van der Waals surface area (Å²) in [4.78, 5) is 16.9. The molecule has 1 aromatic heterocycles. The molecule has 1 amide bonds. The molecule has 0 atom stereocenters. The molecule has 1 aliphatic rings. The third kappa shape index (κ3) is 3.36. The Hall–Kier alpha value is -1.43. The average molecular weight is 294 g/mol. The summed E-state index contributed by atoms with van der Waals surface area (Å²) in [5, 5.41) is 2.99. The zero-order chi connectivity index (χ0) is 14.4. The van der Waals surface area contributed by atoms with Crippen LogP contribution in [0.5, 0.6) is 0 Å². The van der Waals surface area contributed by atoms with Crippen molar-refractivity contribution in [1.29, 1.82) is 0 Å². The number of nitrogens with zero attached hydrogens (tertiary/aromatic N) is 2. The second kappa shape index (κ2) is 6.83. The van der Waals surface area contributed by atoms with E-state index in [4.69, 9.17) is 18.0 Å². The van der Waals surface area contributed by atoms with Crippen LogP contribution >= 0.6 is 12.2 Å². The maximum Gasteiger partial charge on any atom is 0.233 e. The molecule has 5 nitrogen and oxygen atoms in total. The van der Waals surface area contributed by atoms with Crippen LogP contribution in [0.2, 0.25) is 0 Å². The fraction of sp³-hybridized carbons (Fsp3) is 0.643. The maximum absolute atomic E-state index is 12.5. The number of aromatic nitrogens is 2. The van der Waals surface area contributed by atoms with Crippen molar-refractivity contribution in [3.8, 4) is 0 Å². The summed E-state index contributed by atoms with van der Waals surface area (Å²) in [5.41, 5.74) is 5.26. The van der Waals surface area contributed by atoms with Gasteiger partial charge in [0.2, 0.25) is 5.91 Å². The molecule has 20 heavy (non-hydrogen) atoms. The van der Waals surface area contributed by atoms with Crippen LogP contribution in [-0.2, 0) is 11.3 Å². The Morgan fingerprint density at radius 1 is 1.35 bits per heavy atom. The van der Waals surface area contributed by atoms with E-state index < -0.39 is 5.41 Å². The topological polar surface area (TPSA) is 72.9 Å². The van der Waals surface area contributed by atoms with Crippen molar-refractivity contribution in [1.82, 2.24) is 14.9 Å². The molecule has 0 aliphatic heterocycles. The molecule has 110 valence electrons. The summed E-state index contributed by atoms with van der Waals surface area (Å²) in [6, 6.07) is 0. The minimum absolute atomic E-state index is 0.00739. The Kier molecular flexibility index (Phi) is 5.11. The van der Waals surface area contributed by atoms with Gasteiger partial charge in [0.15, 0.2) is 0 Å². The minimum atomic E-state index is -0.638. The number of thiocarbonyl (C=S) groups is 1. The summed E-state index contributed by atoms with van der Waals surface area (Å²) < 4.78 is 1.93. The Balaban J connectivity index is 1.94. The first-order chi connectivity index (χ1) is 9.65. The first-order valence-electron chi connectivity index (χ1n) is 7.19. The average Bonchev–Trinajstić information content (AvgIpc) is 2.80. The van der Waals surface area contributed by atoms with Gasteiger partial charge in [0.1, 0.15) is 0 Å². The van der Waals surface area contributed by atoms with Crippen molar-refractivity contribution in [3.63, 3.8) is 0 Å². The number of imidazole rings is 1. The zero-order valence-corrected chi connectivity index (χ0v) is 12.5. The van der Waals surface area contributed by atoms with E-state index in [0.29, 0.717) is 18.1 Å². The number of rotatable bonds is 5. The number of carbonyl (C=O) groups is 1. The van der Waals surface area contributed by atoms with Crippen LogP contribution in [-0.4, -0.2) is 27.0 Å². The van der Waals surface area contributed by atoms with Crippen LogP contribution in [0.4, 0.5) is 0 Å². The van der Waals surface area contributed by atoms with E-state index in [-0.39, 0.29) is 5.91 Å². The van der Waals surface area contributed by atoms with Gasteiger partial charge in [-0.05, 0) is 12.8 Å². The Morgan fingerprint density at radius 3 is 2.60 bits per heavy atom. The Labute approximate surface area is 124 Å². The third-order valence-corrected chi connectivity index (χ3v) is 4.47. The second-order valence-electron chi connectivity index (χ2n) is 5.42. The van der Waals surface area contributed by atoms with Gasteiger partial charge in [0.25, 0.3) is 0 Å². The molecule has 2 rings (SSSR count). The third-order valence-electron chi connectivity index (χ3n) is 4.08. The summed E-state index contributed by atoms with van der Waals surface area (Å²) in [6.07, 6.45) is 11.3. The smallest absolute Gasteiger partial charge is 0.233 e. The van der Waals surface area contributed by atoms with Crippen LogP contribution < -0.4 is 11.1 Å². The number of hydrogen-bond donors (Lipinski definition) is 2. The van der Waals surface area contributed by atoms with Crippen LogP contribution in [0.15, 0.2) is 18.7 Å². The fourth-order valence-corrected chi connectivity index (χ4v) is 3.10. The van der Waals surface area contributed by atoms with Crippen LogP contribution in [0.3, 0.4) is 0 Å². The van der Waals surface area contributed by atoms with Gasteiger partial charge in [-0.15, -0.1) is 0 Å². The lowest BCUT2D eigenvalue weighted by atomic mass is 9.79. The number of carbonyl (C=O) groups excluding carboxylic acids is 1. The predicted octanol–water partition coefficient (Wildman–Crippen LogP) is 1.63. The van der Waals surface area contributed by atoms with Gasteiger partial charge < -0.3 is 15.6 Å². The highest BCUT2D eigenvalue weighted by Gasteiger charge is 2.41. The molecule has 0 spiro atoms. The van der Waals surface area contributed by atoms with Crippen molar-refractivity contribution < 1.29 is 4.79 Å². The van der Waals surface area contributed by atoms with E-state index in [1.807, 2.05) is 10.8 Å². The van der Waals surface area contributed by atoms with E-state index in [9.17, 15) is 4.79 Å². The van der Waals surface area contributed by atoms with Crippen molar-refractivity contribution in [3.05, 3.63) is 18.7 Å². The quantitative estimate of drug-likeness (QED) is 0.639. The first-order valence-corrected chi connectivity index (χ1v) is 7.60. The van der Waals surface area contributed by atoms with Gasteiger partial charge >= 0.3 is 0 Å². The van der Waals surface area contributed by atoms with Gasteiger partial charge in [-0.25, -0.2) is 4.98 Å². The molecule has 3 N–H and O–H groups in total. The number of nitrogens with two attached hydrogens (primary N) is 1. The standard InChI is InChI=1S/C14H22N4OS/c15-12(20)14(5-3-1-2-4-6-14)13(19)17-8-10-18-9-7-16-11-18/h7,9,11H,1-6,8,10H2,(H2,15,20)(H,17,19). The predicted molar refractivity (Wildman–Crippen MR) is 82.2 cm³/mol. The highest BCUT2D eigenvalue weighted by Crippen LogP contribution is 2.35. The van der Waals surface area contributed by atoms with E-state index in [1.165, 1.54) is 0 Å². The monoisotopic (exact) mass is 294 g/mol. The molecule has 0 unspecified atom stereocenters.